The molecule has 34 heavy (non-hydrogen) atoms. The Hall–Kier alpha value is -3.56. The van der Waals surface area contributed by atoms with Gasteiger partial charge in [0.1, 0.15) is 40.3 Å². The van der Waals surface area contributed by atoms with Crippen LogP contribution >= 0.6 is 0 Å². The summed E-state index contributed by atoms with van der Waals surface area (Å²) in [5, 5.41) is 8.18. The fraction of sp³-hybridized carbons (Fsp3) is 0.417. The maximum atomic E-state index is 14.9. The second-order valence-corrected chi connectivity index (χ2v) is 9.84. The van der Waals surface area contributed by atoms with Crippen molar-refractivity contribution in [3.63, 3.8) is 0 Å². The molecule has 1 aromatic carbocycles. The summed E-state index contributed by atoms with van der Waals surface area (Å²) < 4.78 is 36.3. The number of hydrogen-bond donors (Lipinski definition) is 2. The smallest absolute Gasteiger partial charge is 0.254 e. The van der Waals surface area contributed by atoms with E-state index < -0.39 is 29.7 Å². The largest absolute Gasteiger partial charge is 0.383 e. The van der Waals surface area contributed by atoms with Crippen molar-refractivity contribution in [2.24, 2.45) is 11.1 Å². The van der Waals surface area contributed by atoms with Gasteiger partial charge in [0, 0.05) is 29.7 Å². The van der Waals surface area contributed by atoms with Crippen molar-refractivity contribution in [1.29, 1.82) is 0 Å². The van der Waals surface area contributed by atoms with E-state index in [1.165, 1.54) is 4.68 Å². The molecule has 2 heterocycles. The maximum absolute atomic E-state index is 14.9. The highest BCUT2D eigenvalue weighted by Crippen LogP contribution is 2.31. The van der Waals surface area contributed by atoms with Gasteiger partial charge in [-0.2, -0.15) is 5.10 Å². The van der Waals surface area contributed by atoms with Crippen molar-refractivity contribution in [1.82, 2.24) is 14.9 Å². The van der Waals surface area contributed by atoms with Crippen molar-refractivity contribution >= 4 is 17.5 Å². The number of primary amides is 1. The van der Waals surface area contributed by atoms with E-state index in [4.69, 9.17) is 16.0 Å². The number of rotatable bonds is 8. The molecule has 0 spiro atoms. The van der Waals surface area contributed by atoms with Crippen LogP contribution in [0.2, 0.25) is 0 Å². The Morgan fingerprint density at radius 1 is 1.12 bits per heavy atom. The van der Waals surface area contributed by atoms with Crippen molar-refractivity contribution in [3.8, 4) is 11.3 Å². The number of aromatic nitrogens is 3. The third-order valence-corrected chi connectivity index (χ3v) is 5.16. The molecule has 8 nitrogen and oxygen atoms in total. The number of carbonyl (C=O) groups is 2. The van der Waals surface area contributed by atoms with E-state index in [-0.39, 0.29) is 46.1 Å². The fourth-order valence-electron chi connectivity index (χ4n) is 3.71. The van der Waals surface area contributed by atoms with E-state index in [0.717, 1.165) is 12.1 Å². The summed E-state index contributed by atoms with van der Waals surface area (Å²) >= 11 is 0. The number of carbonyl (C=O) groups excluding carboxylic acids is 2. The van der Waals surface area contributed by atoms with Gasteiger partial charge in [0.15, 0.2) is 0 Å². The summed E-state index contributed by atoms with van der Waals surface area (Å²) in [6.07, 6.45) is 0.0528. The average Bonchev–Trinajstić information content (AvgIpc) is 3.26. The van der Waals surface area contributed by atoms with Gasteiger partial charge in [0.2, 0.25) is 0 Å². The standard InChI is InChI=1S/C24H29F2N5O3/c1-12(2)31-22(27)20(23(28)33)21(29-31)13-6-18(25)17(19(26)7-13)10-15(32)9-16-8-14(30-34-16)11-24(3,4)5/h6-8,12H,9-11,27H2,1-5H3,(H2,28,33). The molecule has 10 heteroatoms. The fourth-order valence-corrected chi connectivity index (χ4v) is 3.71. The molecule has 0 radical (unpaired) electrons. The van der Waals surface area contributed by atoms with E-state index in [9.17, 15) is 18.4 Å². The summed E-state index contributed by atoms with van der Waals surface area (Å²) in [6.45, 7) is 9.73. The molecule has 3 aromatic rings. The van der Waals surface area contributed by atoms with Crippen LogP contribution in [-0.2, 0) is 24.1 Å². The molecule has 0 unspecified atom stereocenters. The van der Waals surface area contributed by atoms with E-state index in [1.807, 2.05) is 0 Å². The Morgan fingerprint density at radius 2 is 1.74 bits per heavy atom. The van der Waals surface area contributed by atoms with Gasteiger partial charge in [-0.15, -0.1) is 0 Å². The Morgan fingerprint density at radius 3 is 2.26 bits per heavy atom. The number of benzene rings is 1. The summed E-state index contributed by atoms with van der Waals surface area (Å²) in [5.74, 6) is -2.84. The predicted octanol–water partition coefficient (Wildman–Crippen LogP) is 4.02. The topological polar surface area (TPSA) is 130 Å². The first-order valence-corrected chi connectivity index (χ1v) is 10.9. The summed E-state index contributed by atoms with van der Waals surface area (Å²) in [6, 6.07) is 3.50. The van der Waals surface area contributed by atoms with Crippen LogP contribution in [-0.4, -0.2) is 26.6 Å². The molecule has 0 saturated carbocycles. The van der Waals surface area contributed by atoms with Crippen LogP contribution < -0.4 is 11.5 Å². The van der Waals surface area contributed by atoms with Gasteiger partial charge >= 0.3 is 0 Å². The second kappa shape index (κ2) is 9.36. The SMILES string of the molecule is CC(C)n1nc(-c2cc(F)c(CC(=O)Cc3cc(CC(C)(C)C)no3)c(F)c2)c(C(N)=O)c1N. The van der Waals surface area contributed by atoms with E-state index in [0.29, 0.717) is 17.9 Å². The van der Waals surface area contributed by atoms with Gasteiger partial charge in [-0.25, -0.2) is 13.5 Å². The Bertz CT molecular complexity index is 1210. The van der Waals surface area contributed by atoms with Crippen LogP contribution in [0.5, 0.6) is 0 Å². The molecule has 0 aliphatic rings. The highest BCUT2D eigenvalue weighted by Gasteiger charge is 2.25. The van der Waals surface area contributed by atoms with Crippen LogP contribution in [0.25, 0.3) is 11.3 Å². The minimum atomic E-state index is -0.942. The molecular weight excluding hydrogens is 444 g/mol. The van der Waals surface area contributed by atoms with Crippen LogP contribution in [0.3, 0.4) is 0 Å². The summed E-state index contributed by atoms with van der Waals surface area (Å²) in [7, 11) is 0. The van der Waals surface area contributed by atoms with Gasteiger partial charge in [-0.1, -0.05) is 25.9 Å². The third-order valence-electron chi connectivity index (χ3n) is 5.16. The number of amides is 1. The highest BCUT2D eigenvalue weighted by molar-refractivity contribution is 6.03. The zero-order valence-corrected chi connectivity index (χ0v) is 19.9. The Balaban J connectivity index is 1.84. The zero-order chi connectivity index (χ0) is 25.4. The highest BCUT2D eigenvalue weighted by atomic mass is 19.1. The monoisotopic (exact) mass is 473 g/mol. The predicted molar refractivity (Wildman–Crippen MR) is 123 cm³/mol. The number of nitrogens with two attached hydrogens (primary N) is 2. The second-order valence-electron chi connectivity index (χ2n) is 9.84. The van der Waals surface area contributed by atoms with Crippen LogP contribution in [0.4, 0.5) is 14.6 Å². The average molecular weight is 474 g/mol. The number of nitrogen functional groups attached to an aromatic ring is 1. The lowest BCUT2D eigenvalue weighted by Crippen LogP contribution is -2.15. The molecule has 0 bridgehead atoms. The number of halogens is 2. The lowest BCUT2D eigenvalue weighted by molar-refractivity contribution is -0.118. The first kappa shape index (κ1) is 25.1. The molecule has 1 amide bonds. The molecule has 0 atom stereocenters. The van der Waals surface area contributed by atoms with E-state index in [1.54, 1.807) is 19.9 Å². The molecule has 2 aromatic heterocycles. The molecule has 4 N–H and O–H groups in total. The first-order chi connectivity index (χ1) is 15.8. The van der Waals surface area contributed by atoms with Gasteiger partial charge in [0.25, 0.3) is 5.91 Å². The maximum Gasteiger partial charge on any atom is 0.254 e. The normalized spacial score (nSPS) is 11.9. The molecule has 0 aliphatic carbocycles. The third kappa shape index (κ3) is 5.49. The zero-order valence-electron chi connectivity index (χ0n) is 19.9. The van der Waals surface area contributed by atoms with Gasteiger partial charge in [0.05, 0.1) is 12.1 Å². The van der Waals surface area contributed by atoms with Crippen molar-refractivity contribution < 1.29 is 22.9 Å². The van der Waals surface area contributed by atoms with Gasteiger partial charge in [-0.3, -0.25) is 9.59 Å². The van der Waals surface area contributed by atoms with Crippen molar-refractivity contribution in [3.05, 3.63) is 52.4 Å². The molecule has 3 rings (SSSR count). The van der Waals surface area contributed by atoms with Crippen LogP contribution in [0, 0.1) is 17.0 Å². The Labute approximate surface area is 196 Å². The summed E-state index contributed by atoms with van der Waals surface area (Å²) in [4.78, 5) is 24.4. The minimum Gasteiger partial charge on any atom is -0.383 e. The first-order valence-electron chi connectivity index (χ1n) is 10.9. The summed E-state index contributed by atoms with van der Waals surface area (Å²) in [5.41, 5.74) is 11.6. The Kier molecular flexibility index (Phi) is 6.90. The number of hydrogen-bond acceptors (Lipinski definition) is 6. The quantitative estimate of drug-likeness (QED) is 0.508. The van der Waals surface area contributed by atoms with Crippen LogP contribution in [0.1, 0.15) is 68.0 Å². The lowest BCUT2D eigenvalue weighted by atomic mass is 9.90. The molecule has 0 saturated heterocycles. The van der Waals surface area contributed by atoms with E-state index in [2.05, 4.69) is 31.0 Å². The molecule has 182 valence electrons. The van der Waals surface area contributed by atoms with E-state index >= 15 is 0 Å². The number of nitrogens with zero attached hydrogens (tertiary/aromatic N) is 3. The van der Waals surface area contributed by atoms with Crippen molar-refractivity contribution in [2.45, 2.75) is 59.9 Å². The van der Waals surface area contributed by atoms with Crippen molar-refractivity contribution in [2.75, 3.05) is 5.73 Å². The molecular formula is C24H29F2N5O3. The number of Topliss-reactive ketones (excluding diaryl/α,β-unsaturated/α-hetero) is 1. The van der Waals surface area contributed by atoms with Crippen LogP contribution in [0.15, 0.2) is 22.7 Å². The van der Waals surface area contributed by atoms with Gasteiger partial charge < -0.3 is 16.0 Å². The lowest BCUT2D eigenvalue weighted by Gasteiger charge is -2.14. The number of ketones is 1. The number of anilines is 1. The minimum absolute atomic E-state index is 0.00377. The molecule has 0 aliphatic heterocycles. The van der Waals surface area contributed by atoms with Gasteiger partial charge in [-0.05, 0) is 37.8 Å². The molecule has 0 fully saturated rings.